The zero-order chi connectivity index (χ0) is 11.5. The summed E-state index contributed by atoms with van der Waals surface area (Å²) in [6.07, 6.45) is -4.84. The predicted octanol–water partition coefficient (Wildman–Crippen LogP) is 1.86. The minimum atomic E-state index is -4.84. The monoisotopic (exact) mass is 218 g/mol. The van der Waals surface area contributed by atoms with Crippen molar-refractivity contribution in [2.45, 2.75) is 6.36 Å². The summed E-state index contributed by atoms with van der Waals surface area (Å²) in [5.41, 5.74) is -0.214. The Morgan fingerprint density at radius 1 is 1.40 bits per heavy atom. The van der Waals surface area contributed by atoms with Crippen LogP contribution in [0.3, 0.4) is 0 Å². The summed E-state index contributed by atoms with van der Waals surface area (Å²) in [5.74, 6) is -0.654. The third-order valence-corrected chi connectivity index (χ3v) is 1.35. The number of alkyl halides is 3. The maximum Gasteiger partial charge on any atom is 0.574 e. The minimum absolute atomic E-state index is 0.0702. The summed E-state index contributed by atoms with van der Waals surface area (Å²) in [5, 5.41) is 8.48. The zero-order valence-electron chi connectivity index (χ0n) is 7.50. The first-order valence-electron chi connectivity index (χ1n) is 3.66. The number of rotatable bonds is 2. The molecule has 0 spiro atoms. The maximum absolute atomic E-state index is 11.8. The van der Waals surface area contributed by atoms with Crippen molar-refractivity contribution in [1.82, 2.24) is 4.98 Å². The van der Waals surface area contributed by atoms with E-state index in [1.54, 1.807) is 6.07 Å². The van der Waals surface area contributed by atoms with E-state index >= 15 is 0 Å². The number of aromatic nitrogens is 1. The molecule has 0 fully saturated rings. The van der Waals surface area contributed by atoms with Gasteiger partial charge in [0.25, 0.3) is 0 Å². The van der Waals surface area contributed by atoms with Crippen LogP contribution in [0.15, 0.2) is 12.1 Å². The zero-order valence-corrected chi connectivity index (χ0v) is 7.50. The molecular formula is C8H5F3N2O2. The molecule has 0 aliphatic heterocycles. The second-order valence-corrected chi connectivity index (χ2v) is 2.39. The predicted molar refractivity (Wildman–Crippen MR) is 42.2 cm³/mol. The first-order valence-corrected chi connectivity index (χ1v) is 3.66. The van der Waals surface area contributed by atoms with Crippen molar-refractivity contribution in [2.24, 2.45) is 0 Å². The third-order valence-electron chi connectivity index (χ3n) is 1.35. The number of nitriles is 1. The van der Waals surface area contributed by atoms with Gasteiger partial charge >= 0.3 is 6.36 Å². The highest BCUT2D eigenvalue weighted by molar-refractivity contribution is 5.35. The quantitative estimate of drug-likeness (QED) is 0.760. The summed E-state index contributed by atoms with van der Waals surface area (Å²) in [4.78, 5) is 3.30. The molecule has 0 saturated heterocycles. The average Bonchev–Trinajstić information content (AvgIpc) is 2.14. The Kier molecular flexibility index (Phi) is 2.99. The molecule has 0 bridgehead atoms. The number of methoxy groups -OCH3 is 1. The van der Waals surface area contributed by atoms with Crippen molar-refractivity contribution in [1.29, 1.82) is 5.26 Å². The molecule has 1 aromatic heterocycles. The van der Waals surface area contributed by atoms with E-state index in [1.807, 2.05) is 0 Å². The molecule has 0 unspecified atom stereocenters. The van der Waals surface area contributed by atoms with Gasteiger partial charge in [0.15, 0.2) is 0 Å². The fraction of sp³-hybridized carbons (Fsp3) is 0.250. The Bertz CT molecular complexity index is 398. The Morgan fingerprint density at radius 2 is 2.07 bits per heavy atom. The second-order valence-electron chi connectivity index (χ2n) is 2.39. The van der Waals surface area contributed by atoms with Crippen LogP contribution in [-0.4, -0.2) is 18.5 Å². The first kappa shape index (κ1) is 11.1. The van der Waals surface area contributed by atoms with Gasteiger partial charge in [-0.3, -0.25) is 0 Å². The third kappa shape index (κ3) is 3.34. The molecule has 0 N–H and O–H groups in total. The largest absolute Gasteiger partial charge is 0.574 e. The first-order chi connectivity index (χ1) is 6.94. The van der Waals surface area contributed by atoms with Crippen LogP contribution in [0.2, 0.25) is 0 Å². The van der Waals surface area contributed by atoms with Gasteiger partial charge in [0.2, 0.25) is 5.88 Å². The van der Waals surface area contributed by atoms with Crippen LogP contribution in [0.1, 0.15) is 5.69 Å². The van der Waals surface area contributed by atoms with Gasteiger partial charge in [-0.25, -0.2) is 4.98 Å². The summed E-state index contributed by atoms with van der Waals surface area (Å²) in [7, 11) is 1.26. The highest BCUT2D eigenvalue weighted by Gasteiger charge is 2.32. The molecule has 7 heteroatoms. The van der Waals surface area contributed by atoms with Crippen LogP contribution >= 0.6 is 0 Å². The topological polar surface area (TPSA) is 55.1 Å². The van der Waals surface area contributed by atoms with Crippen molar-refractivity contribution in [2.75, 3.05) is 7.11 Å². The minimum Gasteiger partial charge on any atom is -0.496 e. The van der Waals surface area contributed by atoms with Crippen molar-refractivity contribution >= 4 is 0 Å². The number of hydrogen-bond donors (Lipinski definition) is 0. The van der Waals surface area contributed by atoms with Crippen LogP contribution in [0.25, 0.3) is 0 Å². The summed E-state index contributed by atoms with van der Waals surface area (Å²) in [6.45, 7) is 0. The van der Waals surface area contributed by atoms with Crippen LogP contribution in [0.5, 0.6) is 11.6 Å². The molecule has 4 nitrogen and oxygen atoms in total. The molecule has 0 aliphatic rings. The highest BCUT2D eigenvalue weighted by Crippen LogP contribution is 2.24. The molecule has 0 amide bonds. The van der Waals surface area contributed by atoms with Crippen molar-refractivity contribution in [3.8, 4) is 17.7 Å². The molecule has 1 rings (SSSR count). The van der Waals surface area contributed by atoms with Crippen LogP contribution in [-0.2, 0) is 0 Å². The van der Waals surface area contributed by atoms with E-state index < -0.39 is 12.2 Å². The van der Waals surface area contributed by atoms with E-state index in [-0.39, 0.29) is 11.4 Å². The number of hydrogen-bond acceptors (Lipinski definition) is 4. The van der Waals surface area contributed by atoms with Crippen LogP contribution in [0.4, 0.5) is 13.2 Å². The van der Waals surface area contributed by atoms with E-state index in [0.717, 1.165) is 6.07 Å². The van der Waals surface area contributed by atoms with Gasteiger partial charge < -0.3 is 9.47 Å². The van der Waals surface area contributed by atoms with E-state index in [1.165, 1.54) is 13.2 Å². The molecule has 0 atom stereocenters. The lowest BCUT2D eigenvalue weighted by molar-refractivity contribution is -0.276. The lowest BCUT2D eigenvalue weighted by Crippen LogP contribution is -2.18. The summed E-state index contributed by atoms with van der Waals surface area (Å²) < 4.78 is 43.7. The fourth-order valence-electron chi connectivity index (χ4n) is 0.827. The van der Waals surface area contributed by atoms with Gasteiger partial charge in [0.05, 0.1) is 7.11 Å². The summed E-state index contributed by atoms with van der Waals surface area (Å²) >= 11 is 0. The lowest BCUT2D eigenvalue weighted by atomic mass is 10.3. The Balaban J connectivity index is 3.03. The Hall–Kier alpha value is -1.97. The summed E-state index contributed by atoms with van der Waals surface area (Å²) in [6, 6.07) is 3.73. The SMILES string of the molecule is COc1cc(C#N)nc(OC(F)(F)F)c1. The van der Waals surface area contributed by atoms with Crippen LogP contribution in [0, 0.1) is 11.3 Å². The number of halogens is 3. The molecule has 80 valence electrons. The van der Waals surface area contributed by atoms with Crippen LogP contribution < -0.4 is 9.47 Å². The van der Waals surface area contributed by atoms with Gasteiger partial charge in [-0.1, -0.05) is 0 Å². The molecule has 1 heterocycles. The number of ether oxygens (including phenoxy) is 2. The van der Waals surface area contributed by atoms with Gasteiger partial charge in [0.1, 0.15) is 17.5 Å². The maximum atomic E-state index is 11.8. The molecule has 0 radical (unpaired) electrons. The smallest absolute Gasteiger partial charge is 0.496 e. The fourth-order valence-corrected chi connectivity index (χ4v) is 0.827. The molecule has 0 aromatic carbocycles. The number of pyridine rings is 1. The average molecular weight is 218 g/mol. The number of nitrogens with zero attached hydrogens (tertiary/aromatic N) is 2. The van der Waals surface area contributed by atoms with Crippen molar-refractivity contribution in [3.63, 3.8) is 0 Å². The van der Waals surface area contributed by atoms with E-state index in [9.17, 15) is 13.2 Å². The van der Waals surface area contributed by atoms with E-state index in [0.29, 0.717) is 0 Å². The molecule has 0 aliphatic carbocycles. The van der Waals surface area contributed by atoms with E-state index in [4.69, 9.17) is 5.26 Å². The molecular weight excluding hydrogens is 213 g/mol. The highest BCUT2D eigenvalue weighted by atomic mass is 19.4. The second kappa shape index (κ2) is 4.04. The van der Waals surface area contributed by atoms with Crippen molar-refractivity contribution in [3.05, 3.63) is 17.8 Å². The Morgan fingerprint density at radius 3 is 2.53 bits per heavy atom. The molecule has 0 saturated carbocycles. The van der Waals surface area contributed by atoms with Gasteiger partial charge in [0, 0.05) is 12.1 Å². The lowest BCUT2D eigenvalue weighted by Gasteiger charge is -2.08. The molecule has 1 aromatic rings. The van der Waals surface area contributed by atoms with Gasteiger partial charge in [-0.15, -0.1) is 13.2 Å². The normalized spacial score (nSPS) is 10.6. The van der Waals surface area contributed by atoms with Gasteiger partial charge in [-0.2, -0.15) is 5.26 Å². The van der Waals surface area contributed by atoms with Gasteiger partial charge in [-0.05, 0) is 0 Å². The molecule has 15 heavy (non-hydrogen) atoms. The Labute approximate surface area is 82.9 Å². The standard InChI is InChI=1S/C8H5F3N2O2/c1-14-6-2-5(4-12)13-7(3-6)15-8(9,10)11/h2-3H,1H3. The van der Waals surface area contributed by atoms with Crippen molar-refractivity contribution < 1.29 is 22.6 Å². The van der Waals surface area contributed by atoms with E-state index in [2.05, 4.69) is 14.5 Å².